The Labute approximate surface area is 110 Å². The number of rotatable bonds is 3. The minimum absolute atomic E-state index is 0.123. The van der Waals surface area contributed by atoms with Gasteiger partial charge in [-0.3, -0.25) is 14.4 Å². The molecule has 1 aromatic carbocycles. The SMILES string of the molecule is CC1(C(=O)Nc2ccc(C(N)=O)cc2)CNC(=O)C1. The third-order valence-corrected chi connectivity index (χ3v) is 3.20. The van der Waals surface area contributed by atoms with Crippen molar-refractivity contribution in [1.29, 1.82) is 0 Å². The molecule has 0 bridgehead atoms. The van der Waals surface area contributed by atoms with Gasteiger partial charge in [0.15, 0.2) is 0 Å². The Morgan fingerprint density at radius 2 is 1.95 bits per heavy atom. The molecule has 1 aliphatic heterocycles. The number of nitrogens with two attached hydrogens (primary N) is 1. The van der Waals surface area contributed by atoms with E-state index < -0.39 is 11.3 Å². The van der Waals surface area contributed by atoms with Gasteiger partial charge in [-0.2, -0.15) is 0 Å². The standard InChI is InChI=1S/C13H15N3O3/c1-13(6-10(17)15-7-13)12(19)16-9-4-2-8(3-5-9)11(14)18/h2-5H,6-7H2,1H3,(H2,14,18)(H,15,17)(H,16,19). The molecule has 3 amide bonds. The topological polar surface area (TPSA) is 101 Å². The van der Waals surface area contributed by atoms with E-state index in [1.54, 1.807) is 31.2 Å². The molecule has 0 saturated carbocycles. The summed E-state index contributed by atoms with van der Waals surface area (Å²) in [5.74, 6) is -0.866. The molecular weight excluding hydrogens is 246 g/mol. The average Bonchev–Trinajstić information content (AvgIpc) is 2.71. The number of primary amides is 1. The number of hydrogen-bond donors (Lipinski definition) is 3. The summed E-state index contributed by atoms with van der Waals surface area (Å²) in [4.78, 5) is 34.2. The number of hydrogen-bond acceptors (Lipinski definition) is 3. The summed E-state index contributed by atoms with van der Waals surface area (Å²) in [7, 11) is 0. The maximum absolute atomic E-state index is 12.1. The van der Waals surface area contributed by atoms with E-state index in [2.05, 4.69) is 10.6 Å². The zero-order valence-electron chi connectivity index (χ0n) is 10.5. The molecule has 6 heteroatoms. The van der Waals surface area contributed by atoms with Crippen molar-refractivity contribution in [3.8, 4) is 0 Å². The Bertz CT molecular complexity index is 539. The second-order valence-corrected chi connectivity index (χ2v) is 4.91. The molecule has 6 nitrogen and oxygen atoms in total. The van der Waals surface area contributed by atoms with Gasteiger partial charge in [-0.1, -0.05) is 0 Å². The summed E-state index contributed by atoms with van der Waals surface area (Å²) in [6.45, 7) is 2.06. The summed E-state index contributed by atoms with van der Waals surface area (Å²) >= 11 is 0. The molecule has 0 spiro atoms. The predicted octanol–water partition coefficient (Wildman–Crippen LogP) is 0.250. The van der Waals surface area contributed by atoms with Crippen molar-refractivity contribution in [1.82, 2.24) is 5.32 Å². The zero-order chi connectivity index (χ0) is 14.0. The maximum Gasteiger partial charge on any atom is 0.248 e. The Kier molecular flexibility index (Phi) is 3.25. The van der Waals surface area contributed by atoms with Crippen LogP contribution in [0.1, 0.15) is 23.7 Å². The van der Waals surface area contributed by atoms with E-state index in [1.807, 2.05) is 0 Å². The predicted molar refractivity (Wildman–Crippen MR) is 69.3 cm³/mol. The van der Waals surface area contributed by atoms with Gasteiger partial charge in [-0.05, 0) is 31.2 Å². The van der Waals surface area contributed by atoms with E-state index in [0.717, 1.165) is 0 Å². The highest BCUT2D eigenvalue weighted by Gasteiger charge is 2.40. The van der Waals surface area contributed by atoms with Gasteiger partial charge < -0.3 is 16.4 Å². The highest BCUT2D eigenvalue weighted by Crippen LogP contribution is 2.27. The lowest BCUT2D eigenvalue weighted by Crippen LogP contribution is -2.35. The van der Waals surface area contributed by atoms with E-state index in [4.69, 9.17) is 5.73 Å². The summed E-state index contributed by atoms with van der Waals surface area (Å²) in [5.41, 5.74) is 5.33. The Morgan fingerprint density at radius 3 is 2.42 bits per heavy atom. The number of nitrogens with one attached hydrogen (secondary N) is 2. The monoisotopic (exact) mass is 261 g/mol. The van der Waals surface area contributed by atoms with E-state index in [-0.39, 0.29) is 18.2 Å². The molecular formula is C13H15N3O3. The molecule has 0 radical (unpaired) electrons. The first-order valence-electron chi connectivity index (χ1n) is 5.89. The number of amides is 3. The van der Waals surface area contributed by atoms with E-state index in [1.165, 1.54) is 0 Å². The van der Waals surface area contributed by atoms with Crippen LogP contribution in [-0.2, 0) is 9.59 Å². The quantitative estimate of drug-likeness (QED) is 0.726. The van der Waals surface area contributed by atoms with Crippen LogP contribution in [0.25, 0.3) is 0 Å². The van der Waals surface area contributed by atoms with Crippen LogP contribution < -0.4 is 16.4 Å². The van der Waals surface area contributed by atoms with Gasteiger partial charge >= 0.3 is 0 Å². The first kappa shape index (κ1) is 13.1. The van der Waals surface area contributed by atoms with Crippen molar-refractivity contribution >= 4 is 23.4 Å². The first-order valence-corrected chi connectivity index (χ1v) is 5.89. The molecule has 2 rings (SSSR count). The molecule has 1 unspecified atom stereocenters. The van der Waals surface area contributed by atoms with Crippen LogP contribution in [0.2, 0.25) is 0 Å². The Balaban J connectivity index is 2.07. The Hall–Kier alpha value is -2.37. The van der Waals surface area contributed by atoms with Gasteiger partial charge in [0, 0.05) is 24.2 Å². The number of carbonyl (C=O) groups is 3. The first-order chi connectivity index (χ1) is 8.90. The highest BCUT2D eigenvalue weighted by atomic mass is 16.2. The van der Waals surface area contributed by atoms with Crippen LogP contribution in [-0.4, -0.2) is 24.3 Å². The zero-order valence-corrected chi connectivity index (χ0v) is 10.5. The van der Waals surface area contributed by atoms with Gasteiger partial charge in [0.25, 0.3) is 0 Å². The summed E-state index contributed by atoms with van der Waals surface area (Å²) < 4.78 is 0. The molecule has 1 heterocycles. The lowest BCUT2D eigenvalue weighted by Gasteiger charge is -2.20. The largest absolute Gasteiger partial charge is 0.366 e. The van der Waals surface area contributed by atoms with Gasteiger partial charge in [-0.15, -0.1) is 0 Å². The summed E-state index contributed by atoms with van der Waals surface area (Å²) in [6.07, 6.45) is 0.179. The molecule has 100 valence electrons. The van der Waals surface area contributed by atoms with E-state index >= 15 is 0 Å². The van der Waals surface area contributed by atoms with E-state index in [0.29, 0.717) is 17.8 Å². The molecule has 4 N–H and O–H groups in total. The lowest BCUT2D eigenvalue weighted by molar-refractivity contribution is -0.126. The van der Waals surface area contributed by atoms with Gasteiger partial charge in [0.2, 0.25) is 17.7 Å². The number of anilines is 1. The Morgan fingerprint density at radius 1 is 1.32 bits per heavy atom. The van der Waals surface area contributed by atoms with Crippen molar-refractivity contribution in [2.45, 2.75) is 13.3 Å². The summed E-state index contributed by atoms with van der Waals surface area (Å²) in [6, 6.07) is 6.29. The minimum Gasteiger partial charge on any atom is -0.366 e. The van der Waals surface area contributed by atoms with Crippen molar-refractivity contribution in [3.63, 3.8) is 0 Å². The average molecular weight is 261 g/mol. The van der Waals surface area contributed by atoms with Crippen molar-refractivity contribution in [2.24, 2.45) is 11.1 Å². The number of carbonyl (C=O) groups excluding carboxylic acids is 3. The van der Waals surface area contributed by atoms with Crippen LogP contribution in [0.3, 0.4) is 0 Å². The minimum atomic E-state index is -0.737. The molecule has 1 saturated heterocycles. The second-order valence-electron chi connectivity index (χ2n) is 4.91. The smallest absolute Gasteiger partial charge is 0.248 e. The fourth-order valence-corrected chi connectivity index (χ4v) is 1.93. The molecule has 0 aromatic heterocycles. The van der Waals surface area contributed by atoms with Crippen LogP contribution >= 0.6 is 0 Å². The third-order valence-electron chi connectivity index (χ3n) is 3.20. The van der Waals surface area contributed by atoms with Crippen molar-refractivity contribution in [2.75, 3.05) is 11.9 Å². The highest BCUT2D eigenvalue weighted by molar-refractivity contribution is 6.00. The van der Waals surface area contributed by atoms with Crippen LogP contribution in [0.4, 0.5) is 5.69 Å². The molecule has 19 heavy (non-hydrogen) atoms. The molecule has 1 aliphatic rings. The maximum atomic E-state index is 12.1. The van der Waals surface area contributed by atoms with Gasteiger partial charge in [-0.25, -0.2) is 0 Å². The van der Waals surface area contributed by atoms with Gasteiger partial charge in [0.1, 0.15) is 0 Å². The second kappa shape index (κ2) is 4.72. The number of benzene rings is 1. The van der Waals surface area contributed by atoms with Crippen LogP contribution in [0, 0.1) is 5.41 Å². The fraction of sp³-hybridized carbons (Fsp3) is 0.308. The normalized spacial score (nSPS) is 21.8. The molecule has 1 atom stereocenters. The molecule has 1 aromatic rings. The molecule has 1 fully saturated rings. The third kappa shape index (κ3) is 2.73. The van der Waals surface area contributed by atoms with Crippen molar-refractivity contribution < 1.29 is 14.4 Å². The lowest BCUT2D eigenvalue weighted by atomic mass is 9.88. The molecule has 0 aliphatic carbocycles. The van der Waals surface area contributed by atoms with Crippen molar-refractivity contribution in [3.05, 3.63) is 29.8 Å². The van der Waals surface area contributed by atoms with Gasteiger partial charge in [0.05, 0.1) is 5.41 Å². The van der Waals surface area contributed by atoms with Crippen LogP contribution in [0.15, 0.2) is 24.3 Å². The summed E-state index contributed by atoms with van der Waals surface area (Å²) in [5, 5.41) is 5.37. The fourth-order valence-electron chi connectivity index (χ4n) is 1.93. The van der Waals surface area contributed by atoms with E-state index in [9.17, 15) is 14.4 Å². The van der Waals surface area contributed by atoms with Crippen LogP contribution in [0.5, 0.6) is 0 Å².